The molecule has 2 rings (SSSR count). The van der Waals surface area contributed by atoms with Crippen LogP contribution in [-0.4, -0.2) is 15.0 Å². The SMILES string of the molecule is Nc1c(Sc2ncc[nH]2)cc[nH]c1=O. The number of nitrogens with zero attached hydrogens (tertiary/aromatic N) is 1. The van der Waals surface area contributed by atoms with Gasteiger partial charge in [0.2, 0.25) is 0 Å². The molecule has 0 saturated carbocycles. The van der Waals surface area contributed by atoms with E-state index in [0.717, 1.165) is 0 Å². The summed E-state index contributed by atoms with van der Waals surface area (Å²) in [5.41, 5.74) is 5.53. The highest BCUT2D eigenvalue weighted by Crippen LogP contribution is 2.26. The van der Waals surface area contributed by atoms with Gasteiger partial charge in [-0.2, -0.15) is 0 Å². The number of aromatic nitrogens is 3. The lowest BCUT2D eigenvalue weighted by Gasteiger charge is -2.00. The maximum atomic E-state index is 11.1. The fraction of sp³-hybridized carbons (Fsp3) is 0. The third-order valence-corrected chi connectivity index (χ3v) is 2.63. The Hall–Kier alpha value is -1.69. The molecule has 0 aliphatic heterocycles. The largest absolute Gasteiger partial charge is 0.393 e. The van der Waals surface area contributed by atoms with Crippen molar-refractivity contribution in [2.45, 2.75) is 10.1 Å². The Morgan fingerprint density at radius 3 is 2.93 bits per heavy atom. The molecule has 0 saturated heterocycles. The normalized spacial score (nSPS) is 10.3. The summed E-state index contributed by atoms with van der Waals surface area (Å²) in [6.45, 7) is 0. The van der Waals surface area contributed by atoms with Gasteiger partial charge < -0.3 is 15.7 Å². The smallest absolute Gasteiger partial charge is 0.272 e. The predicted octanol–water partition coefficient (Wildman–Crippen LogP) is 0.831. The molecule has 0 atom stereocenters. The number of rotatable bonds is 2. The third-order valence-electron chi connectivity index (χ3n) is 1.64. The number of nitrogens with two attached hydrogens (primary N) is 1. The summed E-state index contributed by atoms with van der Waals surface area (Å²) in [5.74, 6) is 0. The van der Waals surface area contributed by atoms with Crippen molar-refractivity contribution in [3.05, 3.63) is 35.0 Å². The average molecular weight is 208 g/mol. The number of pyridine rings is 1. The van der Waals surface area contributed by atoms with E-state index in [1.54, 1.807) is 24.7 Å². The monoisotopic (exact) mass is 208 g/mol. The molecule has 2 aromatic rings. The summed E-state index contributed by atoms with van der Waals surface area (Å²) in [5, 5.41) is 0.710. The van der Waals surface area contributed by atoms with Gasteiger partial charge in [0.25, 0.3) is 5.56 Å². The highest BCUT2D eigenvalue weighted by molar-refractivity contribution is 7.99. The Kier molecular flexibility index (Phi) is 2.28. The van der Waals surface area contributed by atoms with Crippen LogP contribution in [0.25, 0.3) is 0 Å². The molecule has 0 aliphatic rings. The van der Waals surface area contributed by atoms with Crippen LogP contribution >= 0.6 is 11.8 Å². The van der Waals surface area contributed by atoms with E-state index in [4.69, 9.17) is 5.73 Å². The molecule has 0 unspecified atom stereocenters. The molecule has 0 spiro atoms. The molecule has 14 heavy (non-hydrogen) atoms. The Labute approximate surface area is 83.8 Å². The number of aromatic amines is 2. The second-order valence-electron chi connectivity index (χ2n) is 2.58. The van der Waals surface area contributed by atoms with Crippen LogP contribution in [-0.2, 0) is 0 Å². The predicted molar refractivity (Wildman–Crippen MR) is 54.2 cm³/mol. The van der Waals surface area contributed by atoms with Crippen LogP contribution < -0.4 is 11.3 Å². The van der Waals surface area contributed by atoms with Gasteiger partial charge in [-0.3, -0.25) is 4.79 Å². The zero-order chi connectivity index (χ0) is 9.97. The lowest BCUT2D eigenvalue weighted by Crippen LogP contribution is -2.11. The van der Waals surface area contributed by atoms with Crippen LogP contribution in [0.3, 0.4) is 0 Å². The van der Waals surface area contributed by atoms with Crippen molar-refractivity contribution < 1.29 is 0 Å². The van der Waals surface area contributed by atoms with Gasteiger partial charge in [0.15, 0.2) is 5.16 Å². The minimum atomic E-state index is -0.276. The van der Waals surface area contributed by atoms with E-state index >= 15 is 0 Å². The minimum Gasteiger partial charge on any atom is -0.393 e. The zero-order valence-corrected chi connectivity index (χ0v) is 7.97. The summed E-state index contributed by atoms with van der Waals surface area (Å²) in [4.78, 5) is 21.3. The molecule has 0 aliphatic carbocycles. The molecule has 0 amide bonds. The lowest BCUT2D eigenvalue weighted by atomic mass is 10.4. The van der Waals surface area contributed by atoms with E-state index in [1.165, 1.54) is 11.8 Å². The fourth-order valence-electron chi connectivity index (χ4n) is 0.972. The number of imidazole rings is 1. The molecule has 0 fully saturated rings. The van der Waals surface area contributed by atoms with E-state index in [1.807, 2.05) is 0 Å². The van der Waals surface area contributed by atoms with Gasteiger partial charge in [-0.25, -0.2) is 4.98 Å². The van der Waals surface area contributed by atoms with Crippen LogP contribution in [0.2, 0.25) is 0 Å². The van der Waals surface area contributed by atoms with Gasteiger partial charge in [0.1, 0.15) is 5.69 Å². The van der Waals surface area contributed by atoms with Crippen molar-refractivity contribution in [3.63, 3.8) is 0 Å². The van der Waals surface area contributed by atoms with Gasteiger partial charge in [-0.15, -0.1) is 0 Å². The van der Waals surface area contributed by atoms with Crippen molar-refractivity contribution in [1.82, 2.24) is 15.0 Å². The number of H-pyrrole nitrogens is 2. The van der Waals surface area contributed by atoms with Crippen molar-refractivity contribution in [2.24, 2.45) is 0 Å². The second-order valence-corrected chi connectivity index (χ2v) is 3.61. The van der Waals surface area contributed by atoms with Crippen LogP contribution in [0.4, 0.5) is 5.69 Å². The Morgan fingerprint density at radius 2 is 2.21 bits per heavy atom. The first-order chi connectivity index (χ1) is 6.77. The molecule has 0 bridgehead atoms. The van der Waals surface area contributed by atoms with Crippen molar-refractivity contribution in [1.29, 1.82) is 0 Å². The third kappa shape index (κ3) is 1.64. The van der Waals surface area contributed by atoms with E-state index in [9.17, 15) is 4.79 Å². The zero-order valence-electron chi connectivity index (χ0n) is 7.15. The van der Waals surface area contributed by atoms with Gasteiger partial charge in [-0.05, 0) is 17.8 Å². The number of hydrogen-bond donors (Lipinski definition) is 3. The maximum Gasteiger partial charge on any atom is 0.272 e. The molecular formula is C8H8N4OS. The maximum absolute atomic E-state index is 11.1. The average Bonchev–Trinajstić information content (AvgIpc) is 2.66. The molecule has 4 N–H and O–H groups in total. The number of hydrogen-bond acceptors (Lipinski definition) is 4. The molecule has 0 aromatic carbocycles. The first kappa shape index (κ1) is 8.89. The quantitative estimate of drug-likeness (QED) is 0.682. The number of nitrogen functional groups attached to an aromatic ring is 1. The topological polar surface area (TPSA) is 87.6 Å². The Morgan fingerprint density at radius 1 is 1.36 bits per heavy atom. The lowest BCUT2D eigenvalue weighted by molar-refractivity contribution is 1.06. The van der Waals surface area contributed by atoms with Crippen molar-refractivity contribution >= 4 is 17.4 Å². The van der Waals surface area contributed by atoms with Crippen LogP contribution in [0.5, 0.6) is 0 Å². The molecule has 5 nitrogen and oxygen atoms in total. The van der Waals surface area contributed by atoms with E-state index in [-0.39, 0.29) is 11.2 Å². The van der Waals surface area contributed by atoms with Crippen molar-refractivity contribution in [3.8, 4) is 0 Å². The van der Waals surface area contributed by atoms with Crippen LogP contribution in [0.1, 0.15) is 0 Å². The second kappa shape index (κ2) is 3.59. The van der Waals surface area contributed by atoms with E-state index < -0.39 is 0 Å². The standard InChI is InChI=1S/C8H8N4OS/c9-6-5(1-2-10-7(6)13)14-8-11-3-4-12-8/h1-4H,9H2,(H,10,13)(H,11,12). The Bertz CT molecular complexity index is 476. The Balaban J connectivity index is 2.34. The summed E-state index contributed by atoms with van der Waals surface area (Å²) < 4.78 is 0. The highest BCUT2D eigenvalue weighted by Gasteiger charge is 2.05. The van der Waals surface area contributed by atoms with Gasteiger partial charge in [0, 0.05) is 23.5 Å². The highest BCUT2D eigenvalue weighted by atomic mass is 32.2. The van der Waals surface area contributed by atoms with E-state index in [0.29, 0.717) is 10.1 Å². The van der Waals surface area contributed by atoms with Crippen LogP contribution in [0.15, 0.2) is 39.5 Å². The summed E-state index contributed by atoms with van der Waals surface area (Å²) in [7, 11) is 0. The number of anilines is 1. The van der Waals surface area contributed by atoms with Gasteiger partial charge in [-0.1, -0.05) is 0 Å². The molecular weight excluding hydrogens is 200 g/mol. The summed E-state index contributed by atoms with van der Waals surface area (Å²) in [6, 6.07) is 1.74. The first-order valence-electron chi connectivity index (χ1n) is 3.92. The number of nitrogens with one attached hydrogen (secondary N) is 2. The van der Waals surface area contributed by atoms with Crippen LogP contribution in [0, 0.1) is 0 Å². The summed E-state index contributed by atoms with van der Waals surface area (Å²) >= 11 is 1.32. The first-order valence-corrected chi connectivity index (χ1v) is 4.73. The molecule has 2 heterocycles. The molecule has 6 heteroatoms. The summed E-state index contributed by atoms with van der Waals surface area (Å²) in [6.07, 6.45) is 4.92. The molecule has 0 radical (unpaired) electrons. The van der Waals surface area contributed by atoms with Gasteiger partial charge >= 0.3 is 0 Å². The minimum absolute atomic E-state index is 0.217. The molecule has 2 aromatic heterocycles. The van der Waals surface area contributed by atoms with Gasteiger partial charge in [0.05, 0.1) is 0 Å². The van der Waals surface area contributed by atoms with E-state index in [2.05, 4.69) is 15.0 Å². The van der Waals surface area contributed by atoms with Crippen molar-refractivity contribution in [2.75, 3.05) is 5.73 Å². The molecule has 72 valence electrons. The fourth-order valence-corrected chi connectivity index (χ4v) is 1.76.